The zero-order valence-corrected chi connectivity index (χ0v) is 16.5. The van der Waals surface area contributed by atoms with Gasteiger partial charge in [-0.1, -0.05) is 15.9 Å². The molecule has 2 aromatic heterocycles. The molecule has 4 rings (SSSR count). The standard InChI is InChI=1S/C19H18BrFN6O/c20-14-3-4-16(15(21)10-14)23-19(28)13-2-1-8-26(11-13)17-5-6-18(25-24-17)27-9-7-22-12-27/h3-7,9-10,12-13H,1-2,8,11H2,(H,23,28)/t13-/m1/s1. The van der Waals surface area contributed by atoms with Crippen LogP contribution in [-0.4, -0.2) is 38.7 Å². The molecular weight excluding hydrogens is 427 g/mol. The number of benzene rings is 1. The van der Waals surface area contributed by atoms with Gasteiger partial charge >= 0.3 is 0 Å². The summed E-state index contributed by atoms with van der Waals surface area (Å²) in [5.74, 6) is 0.506. The smallest absolute Gasteiger partial charge is 0.229 e. The van der Waals surface area contributed by atoms with E-state index in [1.807, 2.05) is 17.0 Å². The number of amides is 1. The molecule has 0 unspecified atom stereocenters. The van der Waals surface area contributed by atoms with Crippen LogP contribution >= 0.6 is 15.9 Å². The molecule has 1 aliphatic heterocycles. The van der Waals surface area contributed by atoms with Crippen molar-refractivity contribution in [3.8, 4) is 5.82 Å². The van der Waals surface area contributed by atoms with Crippen molar-refractivity contribution in [1.82, 2.24) is 19.7 Å². The fraction of sp³-hybridized carbons (Fsp3) is 0.263. The molecule has 1 aliphatic rings. The third-order valence-corrected chi connectivity index (χ3v) is 5.20. The number of anilines is 2. The number of piperidine rings is 1. The molecule has 0 saturated carbocycles. The molecule has 144 valence electrons. The summed E-state index contributed by atoms with van der Waals surface area (Å²) in [7, 11) is 0. The van der Waals surface area contributed by atoms with Gasteiger partial charge in [-0.05, 0) is 43.2 Å². The summed E-state index contributed by atoms with van der Waals surface area (Å²) in [6.07, 6.45) is 6.74. The first-order valence-electron chi connectivity index (χ1n) is 8.93. The van der Waals surface area contributed by atoms with Gasteiger partial charge in [-0.3, -0.25) is 9.36 Å². The number of hydrogen-bond donors (Lipinski definition) is 1. The molecule has 0 aliphatic carbocycles. The van der Waals surface area contributed by atoms with E-state index in [0.717, 1.165) is 25.2 Å². The van der Waals surface area contributed by atoms with Gasteiger partial charge in [-0.15, -0.1) is 10.2 Å². The summed E-state index contributed by atoms with van der Waals surface area (Å²) in [5, 5.41) is 11.2. The highest BCUT2D eigenvalue weighted by molar-refractivity contribution is 9.10. The second-order valence-electron chi connectivity index (χ2n) is 6.62. The molecule has 1 aromatic carbocycles. The number of halogens is 2. The quantitative estimate of drug-likeness (QED) is 0.666. The van der Waals surface area contributed by atoms with Crippen LogP contribution in [0.25, 0.3) is 5.82 Å². The fourth-order valence-electron chi connectivity index (χ4n) is 3.24. The van der Waals surface area contributed by atoms with Crippen LogP contribution < -0.4 is 10.2 Å². The van der Waals surface area contributed by atoms with Gasteiger partial charge < -0.3 is 10.2 Å². The molecule has 1 saturated heterocycles. The van der Waals surface area contributed by atoms with Crippen molar-refractivity contribution in [1.29, 1.82) is 0 Å². The van der Waals surface area contributed by atoms with E-state index in [2.05, 4.69) is 36.4 Å². The molecule has 1 amide bonds. The topological polar surface area (TPSA) is 75.9 Å². The Labute approximate surface area is 169 Å². The van der Waals surface area contributed by atoms with Crippen LogP contribution in [-0.2, 0) is 4.79 Å². The summed E-state index contributed by atoms with van der Waals surface area (Å²) < 4.78 is 16.4. The minimum absolute atomic E-state index is 0.186. The number of hydrogen-bond acceptors (Lipinski definition) is 5. The van der Waals surface area contributed by atoms with Gasteiger partial charge in [-0.2, -0.15) is 0 Å². The lowest BCUT2D eigenvalue weighted by molar-refractivity contribution is -0.120. The van der Waals surface area contributed by atoms with Crippen LogP contribution in [0.1, 0.15) is 12.8 Å². The van der Waals surface area contributed by atoms with Crippen LogP contribution in [0.5, 0.6) is 0 Å². The summed E-state index contributed by atoms with van der Waals surface area (Å²) in [5.41, 5.74) is 0.190. The molecule has 1 fully saturated rings. The molecule has 0 radical (unpaired) electrons. The predicted octanol–water partition coefficient (Wildman–Crippen LogP) is 3.42. The van der Waals surface area contributed by atoms with Crippen molar-refractivity contribution < 1.29 is 9.18 Å². The van der Waals surface area contributed by atoms with Gasteiger partial charge in [0.1, 0.15) is 12.1 Å². The molecule has 1 N–H and O–H groups in total. The number of rotatable bonds is 4. The Morgan fingerprint density at radius 1 is 1.21 bits per heavy atom. The zero-order valence-electron chi connectivity index (χ0n) is 14.9. The Bertz CT molecular complexity index is 963. The molecule has 1 atom stereocenters. The van der Waals surface area contributed by atoms with Crippen molar-refractivity contribution in [3.05, 3.63) is 59.3 Å². The molecule has 7 nitrogen and oxygen atoms in total. The van der Waals surface area contributed by atoms with Gasteiger partial charge in [0.2, 0.25) is 5.91 Å². The van der Waals surface area contributed by atoms with Crippen molar-refractivity contribution >= 4 is 33.3 Å². The summed E-state index contributed by atoms with van der Waals surface area (Å²) in [6.45, 7) is 1.32. The van der Waals surface area contributed by atoms with Gasteiger partial charge in [0.15, 0.2) is 11.6 Å². The van der Waals surface area contributed by atoms with Gasteiger partial charge in [-0.25, -0.2) is 9.37 Å². The maximum Gasteiger partial charge on any atom is 0.229 e. The van der Waals surface area contributed by atoms with E-state index in [4.69, 9.17) is 0 Å². The maximum atomic E-state index is 14.0. The lowest BCUT2D eigenvalue weighted by Gasteiger charge is -2.32. The van der Waals surface area contributed by atoms with Crippen LogP contribution in [0, 0.1) is 11.7 Å². The van der Waals surface area contributed by atoms with E-state index in [1.54, 1.807) is 35.4 Å². The fourth-order valence-corrected chi connectivity index (χ4v) is 3.58. The molecule has 9 heteroatoms. The highest BCUT2D eigenvalue weighted by Crippen LogP contribution is 2.24. The number of nitrogens with zero attached hydrogens (tertiary/aromatic N) is 5. The highest BCUT2D eigenvalue weighted by Gasteiger charge is 2.27. The summed E-state index contributed by atoms with van der Waals surface area (Å²) >= 11 is 3.21. The number of carbonyl (C=O) groups is 1. The van der Waals surface area contributed by atoms with Crippen molar-refractivity contribution in [2.24, 2.45) is 5.92 Å². The van der Waals surface area contributed by atoms with Crippen LogP contribution in [0.4, 0.5) is 15.9 Å². The first kappa shape index (κ1) is 18.5. The van der Waals surface area contributed by atoms with E-state index in [9.17, 15) is 9.18 Å². The maximum absolute atomic E-state index is 14.0. The Morgan fingerprint density at radius 2 is 2.04 bits per heavy atom. The first-order valence-corrected chi connectivity index (χ1v) is 9.72. The van der Waals surface area contributed by atoms with E-state index in [0.29, 0.717) is 16.8 Å². The predicted molar refractivity (Wildman–Crippen MR) is 107 cm³/mol. The lowest BCUT2D eigenvalue weighted by atomic mass is 9.97. The zero-order chi connectivity index (χ0) is 19.5. The van der Waals surface area contributed by atoms with E-state index >= 15 is 0 Å². The number of carbonyl (C=O) groups excluding carboxylic acids is 1. The first-order chi connectivity index (χ1) is 13.6. The Morgan fingerprint density at radius 3 is 2.75 bits per heavy atom. The van der Waals surface area contributed by atoms with Crippen LogP contribution in [0.3, 0.4) is 0 Å². The monoisotopic (exact) mass is 444 g/mol. The highest BCUT2D eigenvalue weighted by atomic mass is 79.9. The van der Waals surface area contributed by atoms with E-state index in [1.165, 1.54) is 6.07 Å². The molecule has 0 bridgehead atoms. The Kier molecular flexibility index (Phi) is 5.34. The second kappa shape index (κ2) is 8.05. The average Bonchev–Trinajstić information content (AvgIpc) is 3.25. The van der Waals surface area contributed by atoms with Crippen molar-refractivity contribution in [3.63, 3.8) is 0 Å². The minimum atomic E-state index is -0.462. The van der Waals surface area contributed by atoms with Gasteiger partial charge in [0.05, 0.1) is 11.6 Å². The lowest BCUT2D eigenvalue weighted by Crippen LogP contribution is -2.41. The molecule has 0 spiro atoms. The third-order valence-electron chi connectivity index (χ3n) is 4.71. The third kappa shape index (κ3) is 4.04. The number of aromatic nitrogens is 4. The number of nitrogens with one attached hydrogen (secondary N) is 1. The molecular formula is C19H18BrFN6O. The van der Waals surface area contributed by atoms with Crippen LogP contribution in [0.2, 0.25) is 0 Å². The van der Waals surface area contributed by atoms with Crippen molar-refractivity contribution in [2.45, 2.75) is 12.8 Å². The Hall–Kier alpha value is -2.81. The molecule has 3 aromatic rings. The Balaban J connectivity index is 1.43. The average molecular weight is 445 g/mol. The second-order valence-corrected chi connectivity index (χ2v) is 7.53. The normalized spacial score (nSPS) is 16.8. The van der Waals surface area contributed by atoms with Gasteiger partial charge in [0, 0.05) is 30.0 Å². The molecule has 28 heavy (non-hydrogen) atoms. The summed E-state index contributed by atoms with van der Waals surface area (Å²) in [4.78, 5) is 18.7. The van der Waals surface area contributed by atoms with Crippen LogP contribution in [0.15, 0.2) is 53.5 Å². The largest absolute Gasteiger partial charge is 0.354 e. The van der Waals surface area contributed by atoms with Crippen molar-refractivity contribution in [2.75, 3.05) is 23.3 Å². The van der Waals surface area contributed by atoms with E-state index in [-0.39, 0.29) is 17.5 Å². The number of imidazole rings is 1. The summed E-state index contributed by atoms with van der Waals surface area (Å²) in [6, 6.07) is 8.34. The van der Waals surface area contributed by atoms with E-state index < -0.39 is 5.82 Å². The SMILES string of the molecule is O=C(Nc1ccc(Br)cc1F)[C@@H]1CCCN(c2ccc(-n3ccnc3)nn2)C1. The van der Waals surface area contributed by atoms with Gasteiger partial charge in [0.25, 0.3) is 0 Å². The minimum Gasteiger partial charge on any atom is -0.354 e. The molecule has 3 heterocycles.